The zero-order chi connectivity index (χ0) is 13.1. The molecule has 1 atom stereocenters. The lowest BCUT2D eigenvalue weighted by molar-refractivity contribution is 0.0636. The van der Waals surface area contributed by atoms with E-state index in [4.69, 9.17) is 5.73 Å². The van der Waals surface area contributed by atoms with E-state index >= 15 is 0 Å². The van der Waals surface area contributed by atoms with E-state index in [9.17, 15) is 5.11 Å². The number of aryl methyl sites for hydroxylation is 1. The Morgan fingerprint density at radius 1 is 1.35 bits per heavy atom. The summed E-state index contributed by atoms with van der Waals surface area (Å²) in [6.45, 7) is 7.98. The minimum Gasteiger partial charge on any atom is -0.388 e. The smallest absolute Gasteiger partial charge is 0.134 e. The molecule has 4 N–H and O–H groups in total. The SMILES string of the molecule is CCCC(C)(O)CNc1nc(C)nc(N)c1C. The van der Waals surface area contributed by atoms with Gasteiger partial charge in [-0.1, -0.05) is 13.3 Å². The fourth-order valence-electron chi connectivity index (χ4n) is 1.72. The van der Waals surface area contributed by atoms with Crippen molar-refractivity contribution in [2.24, 2.45) is 0 Å². The molecular formula is C12H22N4O. The Morgan fingerprint density at radius 3 is 2.59 bits per heavy atom. The average Bonchev–Trinajstić information content (AvgIpc) is 2.21. The van der Waals surface area contributed by atoms with Gasteiger partial charge in [-0.25, -0.2) is 9.97 Å². The van der Waals surface area contributed by atoms with E-state index in [0.717, 1.165) is 18.4 Å². The van der Waals surface area contributed by atoms with Crippen molar-refractivity contribution >= 4 is 11.6 Å². The lowest BCUT2D eigenvalue weighted by Crippen LogP contribution is -2.33. The van der Waals surface area contributed by atoms with Gasteiger partial charge in [0.15, 0.2) is 0 Å². The summed E-state index contributed by atoms with van der Waals surface area (Å²) in [4.78, 5) is 8.36. The van der Waals surface area contributed by atoms with E-state index in [1.54, 1.807) is 6.92 Å². The second-order valence-electron chi connectivity index (χ2n) is 4.73. The maximum atomic E-state index is 10.1. The molecule has 1 rings (SSSR count). The number of anilines is 2. The predicted octanol–water partition coefficient (Wildman–Crippen LogP) is 1.64. The molecule has 0 aliphatic rings. The van der Waals surface area contributed by atoms with Gasteiger partial charge in [0.25, 0.3) is 0 Å². The number of nitrogen functional groups attached to an aromatic ring is 1. The van der Waals surface area contributed by atoms with Crippen molar-refractivity contribution in [2.75, 3.05) is 17.6 Å². The summed E-state index contributed by atoms with van der Waals surface area (Å²) in [7, 11) is 0. The molecule has 0 amide bonds. The number of hydrogen-bond acceptors (Lipinski definition) is 5. The normalized spacial score (nSPS) is 14.4. The molecular weight excluding hydrogens is 216 g/mol. The summed E-state index contributed by atoms with van der Waals surface area (Å²) in [5.74, 6) is 1.81. The van der Waals surface area contributed by atoms with Gasteiger partial charge in [-0.2, -0.15) is 0 Å². The Hall–Kier alpha value is -1.36. The van der Waals surface area contributed by atoms with E-state index in [-0.39, 0.29) is 0 Å². The average molecular weight is 238 g/mol. The number of nitrogens with one attached hydrogen (secondary N) is 1. The van der Waals surface area contributed by atoms with Gasteiger partial charge < -0.3 is 16.2 Å². The lowest BCUT2D eigenvalue weighted by Gasteiger charge is -2.24. The number of aromatic nitrogens is 2. The fourth-order valence-corrected chi connectivity index (χ4v) is 1.72. The molecule has 1 unspecified atom stereocenters. The van der Waals surface area contributed by atoms with Crippen molar-refractivity contribution in [1.82, 2.24) is 9.97 Å². The third-order valence-electron chi connectivity index (χ3n) is 2.72. The van der Waals surface area contributed by atoms with Gasteiger partial charge in [0, 0.05) is 12.1 Å². The lowest BCUT2D eigenvalue weighted by atomic mass is 10.0. The molecule has 0 aliphatic carbocycles. The quantitative estimate of drug-likeness (QED) is 0.726. The third kappa shape index (κ3) is 3.85. The van der Waals surface area contributed by atoms with Crippen LogP contribution in [0.3, 0.4) is 0 Å². The first-order valence-corrected chi connectivity index (χ1v) is 5.92. The molecule has 96 valence electrons. The minimum absolute atomic E-state index is 0.456. The third-order valence-corrected chi connectivity index (χ3v) is 2.72. The van der Waals surface area contributed by atoms with Crippen LogP contribution in [0, 0.1) is 13.8 Å². The van der Waals surface area contributed by atoms with Crippen LogP contribution in [-0.4, -0.2) is 27.2 Å². The van der Waals surface area contributed by atoms with Crippen LogP contribution in [0.2, 0.25) is 0 Å². The van der Waals surface area contributed by atoms with Crippen molar-refractivity contribution in [3.05, 3.63) is 11.4 Å². The van der Waals surface area contributed by atoms with Crippen molar-refractivity contribution in [1.29, 1.82) is 0 Å². The van der Waals surface area contributed by atoms with Gasteiger partial charge in [-0.3, -0.25) is 0 Å². The first kappa shape index (κ1) is 13.7. The first-order chi connectivity index (χ1) is 7.85. The summed E-state index contributed by atoms with van der Waals surface area (Å²) < 4.78 is 0. The van der Waals surface area contributed by atoms with Crippen molar-refractivity contribution in [3.63, 3.8) is 0 Å². The van der Waals surface area contributed by atoms with Crippen molar-refractivity contribution in [3.8, 4) is 0 Å². The molecule has 17 heavy (non-hydrogen) atoms. The van der Waals surface area contributed by atoms with Crippen LogP contribution in [0.25, 0.3) is 0 Å². The highest BCUT2D eigenvalue weighted by Gasteiger charge is 2.19. The van der Waals surface area contributed by atoms with Crippen LogP contribution in [0.15, 0.2) is 0 Å². The van der Waals surface area contributed by atoms with Crippen LogP contribution in [0.1, 0.15) is 38.1 Å². The monoisotopic (exact) mass is 238 g/mol. The van der Waals surface area contributed by atoms with Crippen LogP contribution in [0.5, 0.6) is 0 Å². The highest BCUT2D eigenvalue weighted by Crippen LogP contribution is 2.19. The number of nitrogens with zero attached hydrogens (tertiary/aromatic N) is 2. The molecule has 0 saturated carbocycles. The molecule has 1 aromatic heterocycles. The fraction of sp³-hybridized carbons (Fsp3) is 0.667. The molecule has 0 fully saturated rings. The summed E-state index contributed by atoms with van der Waals surface area (Å²) in [5, 5.41) is 13.2. The Bertz CT molecular complexity index is 390. The Labute approximate surface area is 102 Å². The molecule has 0 spiro atoms. The standard InChI is InChI=1S/C12H22N4O/c1-5-6-12(4,17)7-14-11-8(2)10(13)15-9(3)16-11/h17H,5-7H2,1-4H3,(H3,13,14,15,16). The Morgan fingerprint density at radius 2 is 2.00 bits per heavy atom. The summed E-state index contributed by atoms with van der Waals surface area (Å²) in [6, 6.07) is 0. The van der Waals surface area contributed by atoms with Crippen molar-refractivity contribution in [2.45, 2.75) is 46.1 Å². The zero-order valence-electron chi connectivity index (χ0n) is 11.0. The Kier molecular flexibility index (Phi) is 4.28. The maximum Gasteiger partial charge on any atom is 0.134 e. The number of aliphatic hydroxyl groups is 1. The summed E-state index contributed by atoms with van der Waals surface area (Å²) >= 11 is 0. The van der Waals surface area contributed by atoms with Crippen LogP contribution in [0.4, 0.5) is 11.6 Å². The summed E-state index contributed by atoms with van der Waals surface area (Å²) in [5.41, 5.74) is 5.86. The molecule has 0 saturated heterocycles. The van der Waals surface area contributed by atoms with Crippen LogP contribution >= 0.6 is 0 Å². The number of nitrogens with two attached hydrogens (primary N) is 1. The van der Waals surface area contributed by atoms with E-state index in [1.807, 2.05) is 20.8 Å². The molecule has 0 aliphatic heterocycles. The van der Waals surface area contributed by atoms with Gasteiger partial charge in [0.05, 0.1) is 5.60 Å². The van der Waals surface area contributed by atoms with Crippen molar-refractivity contribution < 1.29 is 5.11 Å². The maximum absolute atomic E-state index is 10.1. The highest BCUT2D eigenvalue weighted by molar-refractivity contribution is 5.54. The van der Waals surface area contributed by atoms with E-state index in [2.05, 4.69) is 15.3 Å². The molecule has 0 radical (unpaired) electrons. The largest absolute Gasteiger partial charge is 0.388 e. The van der Waals surface area contributed by atoms with Crippen LogP contribution in [-0.2, 0) is 0 Å². The van der Waals surface area contributed by atoms with Gasteiger partial charge in [0.2, 0.25) is 0 Å². The van der Waals surface area contributed by atoms with E-state index in [1.165, 1.54) is 0 Å². The molecule has 0 aromatic carbocycles. The number of rotatable bonds is 5. The topological polar surface area (TPSA) is 84.1 Å². The molecule has 1 aromatic rings. The first-order valence-electron chi connectivity index (χ1n) is 5.92. The zero-order valence-corrected chi connectivity index (χ0v) is 11.0. The van der Waals surface area contributed by atoms with Gasteiger partial charge >= 0.3 is 0 Å². The molecule has 5 nitrogen and oxygen atoms in total. The minimum atomic E-state index is -0.727. The van der Waals surface area contributed by atoms with E-state index < -0.39 is 5.60 Å². The predicted molar refractivity (Wildman–Crippen MR) is 69.9 cm³/mol. The molecule has 5 heteroatoms. The van der Waals surface area contributed by atoms with Gasteiger partial charge in [0.1, 0.15) is 17.5 Å². The number of hydrogen-bond donors (Lipinski definition) is 3. The van der Waals surface area contributed by atoms with Gasteiger partial charge in [-0.05, 0) is 27.2 Å². The molecule has 1 heterocycles. The second-order valence-corrected chi connectivity index (χ2v) is 4.73. The summed E-state index contributed by atoms with van der Waals surface area (Å²) in [6.07, 6.45) is 1.69. The molecule has 0 bridgehead atoms. The Balaban J connectivity index is 2.76. The van der Waals surface area contributed by atoms with E-state index in [0.29, 0.717) is 24.0 Å². The highest BCUT2D eigenvalue weighted by atomic mass is 16.3. The second kappa shape index (κ2) is 5.31. The van der Waals surface area contributed by atoms with Gasteiger partial charge in [-0.15, -0.1) is 0 Å². The van der Waals surface area contributed by atoms with Crippen LogP contribution < -0.4 is 11.1 Å².